The molecule has 2 fully saturated rings. The van der Waals surface area contributed by atoms with Gasteiger partial charge in [-0.1, -0.05) is 18.2 Å². The molecule has 1 amide bonds. The molecule has 2 aromatic rings. The van der Waals surface area contributed by atoms with E-state index in [4.69, 9.17) is 4.74 Å². The Kier molecular flexibility index (Phi) is 6.39. The Morgan fingerprint density at radius 2 is 2.17 bits per heavy atom. The summed E-state index contributed by atoms with van der Waals surface area (Å²) >= 11 is 0. The maximum atomic E-state index is 13.0. The first-order valence-electron chi connectivity index (χ1n) is 10.9. The number of carbonyl (C=O) groups excluding carboxylic acids is 1. The van der Waals surface area contributed by atoms with Crippen molar-refractivity contribution in [2.45, 2.75) is 44.7 Å². The van der Waals surface area contributed by atoms with E-state index in [1.54, 1.807) is 13.3 Å². The lowest BCUT2D eigenvalue weighted by Crippen LogP contribution is -2.63. The van der Waals surface area contributed by atoms with Crippen molar-refractivity contribution in [1.29, 1.82) is 0 Å². The quantitative estimate of drug-likeness (QED) is 0.729. The van der Waals surface area contributed by atoms with Crippen molar-refractivity contribution in [2.24, 2.45) is 5.41 Å². The van der Waals surface area contributed by atoms with E-state index >= 15 is 0 Å². The molecule has 2 atom stereocenters. The standard InChI is InChI=1S/C23H32N4O3/c1-30-20-6-3-2-5-18(20)7-8-22(29)27-14-11-23(17-28)10-4-13-26(21(23)16-27)15-19-9-12-24-25-19/h2-3,5-6,9,12,21,28H,4,7-8,10-11,13-17H2,1H3,(H,24,25)/t21-,23-/m0/s1. The molecule has 0 unspecified atom stereocenters. The van der Waals surface area contributed by atoms with Gasteiger partial charge in [-0.3, -0.25) is 14.8 Å². The molecule has 2 aliphatic rings. The Balaban J connectivity index is 1.43. The van der Waals surface area contributed by atoms with Gasteiger partial charge in [-0.2, -0.15) is 5.10 Å². The summed E-state index contributed by atoms with van der Waals surface area (Å²) in [6.07, 6.45) is 5.87. The van der Waals surface area contributed by atoms with Gasteiger partial charge in [0, 0.05) is 49.4 Å². The number of nitrogens with one attached hydrogen (secondary N) is 1. The summed E-state index contributed by atoms with van der Waals surface area (Å²) in [5.74, 6) is 1.01. The third-order valence-corrected chi connectivity index (χ3v) is 6.94. The summed E-state index contributed by atoms with van der Waals surface area (Å²) < 4.78 is 5.42. The molecular formula is C23H32N4O3. The highest BCUT2D eigenvalue weighted by Crippen LogP contribution is 2.42. The fourth-order valence-corrected chi connectivity index (χ4v) is 5.18. The van der Waals surface area contributed by atoms with Gasteiger partial charge in [0.15, 0.2) is 0 Å². The average Bonchev–Trinajstić information content (AvgIpc) is 3.30. The number of ether oxygens (including phenoxy) is 1. The number of rotatable bonds is 7. The van der Waals surface area contributed by atoms with Crippen LogP contribution in [0.5, 0.6) is 5.75 Å². The fourth-order valence-electron chi connectivity index (χ4n) is 5.18. The van der Waals surface area contributed by atoms with Crippen molar-refractivity contribution in [3.63, 3.8) is 0 Å². The van der Waals surface area contributed by atoms with Crippen LogP contribution in [0.2, 0.25) is 0 Å². The summed E-state index contributed by atoms with van der Waals surface area (Å²) in [6, 6.07) is 10.0. The molecule has 3 heterocycles. The van der Waals surface area contributed by atoms with Crippen LogP contribution >= 0.6 is 0 Å². The molecule has 2 aliphatic heterocycles. The first kappa shape index (κ1) is 20.9. The number of hydrogen-bond donors (Lipinski definition) is 2. The van der Waals surface area contributed by atoms with Crippen LogP contribution in [-0.4, -0.2) is 70.4 Å². The van der Waals surface area contributed by atoms with E-state index in [1.165, 1.54) is 0 Å². The number of aliphatic hydroxyl groups is 1. The minimum absolute atomic E-state index is 0.113. The van der Waals surface area contributed by atoms with E-state index in [0.717, 1.165) is 55.9 Å². The number of aliphatic hydroxyl groups excluding tert-OH is 1. The van der Waals surface area contributed by atoms with Gasteiger partial charge in [-0.15, -0.1) is 0 Å². The molecular weight excluding hydrogens is 380 g/mol. The fraction of sp³-hybridized carbons (Fsp3) is 0.565. The Labute approximate surface area is 178 Å². The largest absolute Gasteiger partial charge is 0.496 e. The summed E-state index contributed by atoms with van der Waals surface area (Å²) in [7, 11) is 1.66. The molecule has 1 aromatic carbocycles. The van der Waals surface area contributed by atoms with Gasteiger partial charge in [-0.25, -0.2) is 0 Å². The minimum atomic E-state index is -0.113. The van der Waals surface area contributed by atoms with Crippen molar-refractivity contribution in [3.8, 4) is 5.75 Å². The summed E-state index contributed by atoms with van der Waals surface area (Å²) in [6.45, 7) is 3.34. The van der Waals surface area contributed by atoms with Crippen molar-refractivity contribution in [2.75, 3.05) is 33.4 Å². The van der Waals surface area contributed by atoms with Gasteiger partial charge >= 0.3 is 0 Å². The van der Waals surface area contributed by atoms with Crippen LogP contribution in [0.3, 0.4) is 0 Å². The molecule has 4 rings (SSSR count). The predicted octanol–water partition coefficient (Wildman–Crippen LogP) is 2.23. The Morgan fingerprint density at radius 1 is 1.30 bits per heavy atom. The number of aryl methyl sites for hydroxylation is 1. The van der Waals surface area contributed by atoms with E-state index in [2.05, 4.69) is 15.1 Å². The zero-order chi connectivity index (χ0) is 21.0. The molecule has 0 aliphatic carbocycles. The van der Waals surface area contributed by atoms with Crippen molar-refractivity contribution in [1.82, 2.24) is 20.0 Å². The Morgan fingerprint density at radius 3 is 2.93 bits per heavy atom. The molecule has 2 saturated heterocycles. The smallest absolute Gasteiger partial charge is 0.222 e. The molecule has 7 heteroatoms. The normalized spacial score (nSPS) is 24.5. The highest BCUT2D eigenvalue weighted by Gasteiger charge is 2.48. The third-order valence-electron chi connectivity index (χ3n) is 6.94. The summed E-state index contributed by atoms with van der Waals surface area (Å²) in [5.41, 5.74) is 2.02. The Bertz CT molecular complexity index is 841. The van der Waals surface area contributed by atoms with Crippen LogP contribution < -0.4 is 4.74 Å². The highest BCUT2D eigenvalue weighted by atomic mass is 16.5. The molecule has 0 bridgehead atoms. The maximum absolute atomic E-state index is 13.0. The molecule has 0 saturated carbocycles. The molecule has 2 N–H and O–H groups in total. The van der Waals surface area contributed by atoms with E-state index in [9.17, 15) is 9.90 Å². The second-order valence-electron chi connectivity index (χ2n) is 8.59. The lowest BCUT2D eigenvalue weighted by atomic mass is 9.69. The van der Waals surface area contributed by atoms with Crippen LogP contribution in [-0.2, 0) is 17.8 Å². The first-order valence-corrected chi connectivity index (χ1v) is 10.9. The van der Waals surface area contributed by atoms with Crippen LogP contribution in [0.15, 0.2) is 36.5 Å². The Hall–Kier alpha value is -2.38. The van der Waals surface area contributed by atoms with Gasteiger partial charge in [0.25, 0.3) is 0 Å². The highest BCUT2D eigenvalue weighted by molar-refractivity contribution is 5.76. The molecule has 7 nitrogen and oxygen atoms in total. The molecule has 0 spiro atoms. The number of aromatic amines is 1. The number of hydrogen-bond acceptors (Lipinski definition) is 5. The monoisotopic (exact) mass is 412 g/mol. The van der Waals surface area contributed by atoms with Gasteiger partial charge < -0.3 is 14.7 Å². The number of carbonyl (C=O) groups is 1. The van der Waals surface area contributed by atoms with Crippen molar-refractivity contribution < 1.29 is 14.6 Å². The molecule has 162 valence electrons. The van der Waals surface area contributed by atoms with Crippen LogP contribution in [0.25, 0.3) is 0 Å². The zero-order valence-electron chi connectivity index (χ0n) is 17.7. The summed E-state index contributed by atoms with van der Waals surface area (Å²) in [4.78, 5) is 17.5. The van der Waals surface area contributed by atoms with Gasteiger partial charge in [0.1, 0.15) is 5.75 Å². The minimum Gasteiger partial charge on any atom is -0.496 e. The van der Waals surface area contributed by atoms with Crippen LogP contribution in [0.4, 0.5) is 0 Å². The topological polar surface area (TPSA) is 81.7 Å². The number of methoxy groups -OCH3 is 1. The van der Waals surface area contributed by atoms with Crippen molar-refractivity contribution >= 4 is 5.91 Å². The summed E-state index contributed by atoms with van der Waals surface area (Å²) in [5, 5.41) is 17.4. The number of nitrogens with zero attached hydrogens (tertiary/aromatic N) is 3. The number of amides is 1. The second kappa shape index (κ2) is 9.18. The van der Waals surface area contributed by atoms with E-state index < -0.39 is 0 Å². The zero-order valence-corrected chi connectivity index (χ0v) is 17.7. The molecule has 30 heavy (non-hydrogen) atoms. The average molecular weight is 413 g/mol. The predicted molar refractivity (Wildman–Crippen MR) is 114 cm³/mol. The van der Waals surface area contributed by atoms with Gasteiger partial charge in [-0.05, 0) is 49.9 Å². The third kappa shape index (κ3) is 4.23. The molecule has 1 aromatic heterocycles. The number of aromatic nitrogens is 2. The van der Waals surface area contributed by atoms with Gasteiger partial charge in [0.05, 0.1) is 13.7 Å². The number of benzene rings is 1. The number of para-hydroxylation sites is 1. The SMILES string of the molecule is COc1ccccc1CCC(=O)N1CC[C@]2(CO)CCCN(Cc3ccn[nH]3)[C@H]2C1. The first-order chi connectivity index (χ1) is 14.6. The number of fused-ring (bicyclic) bond motifs is 1. The second-order valence-corrected chi connectivity index (χ2v) is 8.59. The number of H-pyrrole nitrogens is 1. The molecule has 0 radical (unpaired) electrons. The van der Waals surface area contributed by atoms with Crippen LogP contribution in [0, 0.1) is 5.41 Å². The number of likely N-dealkylation sites (tertiary alicyclic amines) is 2. The number of piperidine rings is 2. The van der Waals surface area contributed by atoms with Crippen LogP contribution in [0.1, 0.15) is 36.9 Å². The maximum Gasteiger partial charge on any atom is 0.222 e. The van der Waals surface area contributed by atoms with Crippen molar-refractivity contribution in [3.05, 3.63) is 47.8 Å². The van der Waals surface area contributed by atoms with E-state index in [1.807, 2.05) is 35.2 Å². The lowest BCUT2D eigenvalue weighted by Gasteiger charge is -2.54. The lowest BCUT2D eigenvalue weighted by molar-refractivity contribution is -0.141. The van der Waals surface area contributed by atoms with E-state index in [-0.39, 0.29) is 24.0 Å². The van der Waals surface area contributed by atoms with E-state index in [0.29, 0.717) is 19.4 Å². The van der Waals surface area contributed by atoms with Gasteiger partial charge in [0.2, 0.25) is 5.91 Å².